The van der Waals surface area contributed by atoms with Crippen molar-refractivity contribution >= 4 is 26.8 Å². The van der Waals surface area contributed by atoms with Crippen LogP contribution in [0.4, 0.5) is 0 Å². The Morgan fingerprint density at radius 2 is 1.86 bits per heavy atom. The van der Waals surface area contributed by atoms with Crippen LogP contribution < -0.4 is 5.32 Å². The number of aryl methyl sites for hydroxylation is 1. The van der Waals surface area contributed by atoms with E-state index in [4.69, 9.17) is 0 Å². The summed E-state index contributed by atoms with van der Waals surface area (Å²) >= 11 is 0. The van der Waals surface area contributed by atoms with Crippen LogP contribution in [0.5, 0.6) is 0 Å². The molecular weight excluding hydrogens is 388 g/mol. The Balaban J connectivity index is 1.67. The topological polar surface area (TPSA) is 82.6 Å². The Bertz CT molecular complexity index is 965. The molecule has 8 heteroatoms. The third-order valence-electron chi connectivity index (χ3n) is 5.48. The Labute approximate surface area is 173 Å². The minimum Gasteiger partial charge on any atom is -0.352 e. The lowest BCUT2D eigenvalue weighted by Crippen LogP contribution is -2.51. The molecule has 1 aliphatic rings. The first-order chi connectivity index (χ1) is 13.8. The third kappa shape index (κ3) is 4.94. The highest BCUT2D eigenvalue weighted by molar-refractivity contribution is 7.89. The molecule has 0 spiro atoms. The van der Waals surface area contributed by atoms with Crippen molar-refractivity contribution < 1.29 is 13.2 Å². The zero-order chi connectivity index (χ0) is 21.0. The number of piperazine rings is 1. The standard InChI is InChI=1S/C21H30N4O3S/c1-4-18(5-2)23-20(26)15-24-9-11-25(12-10-24)29(27,28)19-8-6-7-17-13-16(3)14-22-21(17)19/h6-8,13-14,18H,4-5,9-12,15H2,1-3H3,(H,23,26). The van der Waals surface area contributed by atoms with Crippen molar-refractivity contribution in [3.8, 4) is 0 Å². The number of sulfonamides is 1. The van der Waals surface area contributed by atoms with E-state index in [0.29, 0.717) is 38.2 Å². The number of pyridine rings is 1. The van der Waals surface area contributed by atoms with Gasteiger partial charge in [-0.15, -0.1) is 0 Å². The van der Waals surface area contributed by atoms with Crippen molar-refractivity contribution in [3.05, 3.63) is 36.0 Å². The highest BCUT2D eigenvalue weighted by atomic mass is 32.2. The van der Waals surface area contributed by atoms with Crippen LogP contribution in [-0.2, 0) is 14.8 Å². The minimum atomic E-state index is -3.64. The van der Waals surface area contributed by atoms with Crippen LogP contribution in [0.3, 0.4) is 0 Å². The van der Waals surface area contributed by atoms with Gasteiger partial charge in [-0.25, -0.2) is 8.42 Å². The summed E-state index contributed by atoms with van der Waals surface area (Å²) < 4.78 is 28.0. The van der Waals surface area contributed by atoms with E-state index in [-0.39, 0.29) is 16.8 Å². The zero-order valence-electron chi connectivity index (χ0n) is 17.4. The summed E-state index contributed by atoms with van der Waals surface area (Å²) in [6, 6.07) is 7.40. The molecule has 0 bridgehead atoms. The van der Waals surface area contributed by atoms with E-state index >= 15 is 0 Å². The molecule has 0 unspecified atom stereocenters. The van der Waals surface area contributed by atoms with Crippen LogP contribution >= 0.6 is 0 Å². The number of para-hydroxylation sites is 1. The van der Waals surface area contributed by atoms with Gasteiger partial charge in [-0.3, -0.25) is 14.7 Å². The first-order valence-corrected chi connectivity index (χ1v) is 11.7. The summed E-state index contributed by atoms with van der Waals surface area (Å²) in [5.41, 5.74) is 1.50. The average molecular weight is 419 g/mol. The Kier molecular flexibility index (Phi) is 6.87. The summed E-state index contributed by atoms with van der Waals surface area (Å²) in [5, 5.41) is 3.86. The number of benzene rings is 1. The van der Waals surface area contributed by atoms with Gasteiger partial charge in [0.2, 0.25) is 15.9 Å². The molecule has 2 heterocycles. The molecule has 158 valence electrons. The van der Waals surface area contributed by atoms with Crippen molar-refractivity contribution in [2.24, 2.45) is 0 Å². The molecule has 1 aromatic heterocycles. The van der Waals surface area contributed by atoms with E-state index in [9.17, 15) is 13.2 Å². The summed E-state index contributed by atoms with van der Waals surface area (Å²) in [6.07, 6.45) is 3.51. The minimum absolute atomic E-state index is 0.00336. The van der Waals surface area contributed by atoms with E-state index in [1.54, 1.807) is 18.3 Å². The van der Waals surface area contributed by atoms with Crippen LogP contribution in [0, 0.1) is 6.92 Å². The molecule has 1 amide bonds. The summed E-state index contributed by atoms with van der Waals surface area (Å²) in [5.74, 6) is 0.00336. The van der Waals surface area contributed by atoms with Crippen LogP contribution in [0.25, 0.3) is 10.9 Å². The second-order valence-electron chi connectivity index (χ2n) is 7.60. The lowest BCUT2D eigenvalue weighted by Gasteiger charge is -2.33. The SMILES string of the molecule is CCC(CC)NC(=O)CN1CCN(S(=O)(=O)c2cccc3cc(C)cnc23)CC1. The van der Waals surface area contributed by atoms with Crippen molar-refractivity contribution in [1.29, 1.82) is 0 Å². The van der Waals surface area contributed by atoms with E-state index in [1.807, 2.05) is 24.0 Å². The fourth-order valence-electron chi connectivity index (χ4n) is 3.69. The highest BCUT2D eigenvalue weighted by Gasteiger charge is 2.30. The maximum Gasteiger partial charge on any atom is 0.245 e. The lowest BCUT2D eigenvalue weighted by molar-refractivity contribution is -0.123. The van der Waals surface area contributed by atoms with E-state index in [1.165, 1.54) is 4.31 Å². The van der Waals surface area contributed by atoms with Crippen LogP contribution in [0.2, 0.25) is 0 Å². The third-order valence-corrected chi connectivity index (χ3v) is 7.41. The molecule has 1 aliphatic heterocycles. The molecule has 0 aliphatic carbocycles. The van der Waals surface area contributed by atoms with Crippen molar-refractivity contribution in [2.75, 3.05) is 32.7 Å². The van der Waals surface area contributed by atoms with Crippen molar-refractivity contribution in [3.63, 3.8) is 0 Å². The fraction of sp³-hybridized carbons (Fsp3) is 0.524. The number of aromatic nitrogens is 1. The van der Waals surface area contributed by atoms with Gasteiger partial charge in [0.1, 0.15) is 4.90 Å². The van der Waals surface area contributed by atoms with E-state index < -0.39 is 10.0 Å². The molecule has 0 atom stereocenters. The molecule has 1 N–H and O–H groups in total. The van der Waals surface area contributed by atoms with Crippen LogP contribution in [0.1, 0.15) is 32.3 Å². The van der Waals surface area contributed by atoms with Crippen LogP contribution in [0.15, 0.2) is 35.4 Å². The zero-order valence-corrected chi connectivity index (χ0v) is 18.2. The van der Waals surface area contributed by atoms with Crippen molar-refractivity contribution in [2.45, 2.75) is 44.6 Å². The number of amides is 1. The molecule has 1 fully saturated rings. The lowest BCUT2D eigenvalue weighted by atomic mass is 10.2. The molecule has 1 saturated heterocycles. The predicted molar refractivity (Wildman–Crippen MR) is 114 cm³/mol. The van der Waals surface area contributed by atoms with Crippen molar-refractivity contribution in [1.82, 2.24) is 19.5 Å². The highest BCUT2D eigenvalue weighted by Crippen LogP contribution is 2.25. The first-order valence-electron chi connectivity index (χ1n) is 10.2. The maximum atomic E-state index is 13.2. The molecule has 2 aromatic rings. The van der Waals surface area contributed by atoms with Gasteiger partial charge in [0.25, 0.3) is 0 Å². The number of fused-ring (bicyclic) bond motifs is 1. The van der Waals surface area contributed by atoms with Gasteiger partial charge in [0.05, 0.1) is 12.1 Å². The fourth-order valence-corrected chi connectivity index (χ4v) is 5.27. The number of hydrogen-bond acceptors (Lipinski definition) is 5. The number of nitrogens with zero attached hydrogens (tertiary/aromatic N) is 3. The van der Waals surface area contributed by atoms with Crippen LogP contribution in [-0.4, -0.2) is 67.3 Å². The number of nitrogens with one attached hydrogen (secondary N) is 1. The van der Waals surface area contributed by atoms with E-state index in [2.05, 4.69) is 24.1 Å². The number of carbonyl (C=O) groups excluding carboxylic acids is 1. The predicted octanol–water partition coefficient (Wildman–Crippen LogP) is 2.15. The number of rotatable bonds is 7. The van der Waals surface area contributed by atoms with Gasteiger partial charge in [-0.2, -0.15) is 4.31 Å². The second-order valence-corrected chi connectivity index (χ2v) is 9.51. The quantitative estimate of drug-likeness (QED) is 0.745. The number of carbonyl (C=O) groups is 1. The molecule has 1 aromatic carbocycles. The summed E-state index contributed by atoms with van der Waals surface area (Å²) in [7, 11) is -3.64. The molecular formula is C21H30N4O3S. The average Bonchev–Trinajstić information content (AvgIpc) is 2.71. The monoisotopic (exact) mass is 418 g/mol. The molecule has 29 heavy (non-hydrogen) atoms. The van der Waals surface area contributed by atoms with E-state index in [0.717, 1.165) is 23.8 Å². The molecule has 0 radical (unpaired) electrons. The maximum absolute atomic E-state index is 13.2. The number of hydrogen-bond donors (Lipinski definition) is 1. The molecule has 7 nitrogen and oxygen atoms in total. The summed E-state index contributed by atoms with van der Waals surface area (Å²) in [6.45, 7) is 8.15. The normalized spacial score (nSPS) is 16.4. The Hall–Kier alpha value is -2.03. The Morgan fingerprint density at radius 3 is 2.52 bits per heavy atom. The second kappa shape index (κ2) is 9.19. The van der Waals surface area contributed by atoms with Gasteiger partial charge in [-0.05, 0) is 37.5 Å². The molecule has 3 rings (SSSR count). The smallest absolute Gasteiger partial charge is 0.245 e. The van der Waals surface area contributed by atoms with Gasteiger partial charge in [0, 0.05) is 43.8 Å². The van der Waals surface area contributed by atoms with Gasteiger partial charge >= 0.3 is 0 Å². The Morgan fingerprint density at radius 1 is 1.17 bits per heavy atom. The first kappa shape index (κ1) is 21.7. The van der Waals surface area contributed by atoms with Gasteiger partial charge < -0.3 is 5.32 Å². The summed E-state index contributed by atoms with van der Waals surface area (Å²) in [4.78, 5) is 18.8. The van der Waals surface area contributed by atoms with Gasteiger partial charge in [0.15, 0.2) is 0 Å². The van der Waals surface area contributed by atoms with Gasteiger partial charge in [-0.1, -0.05) is 26.0 Å². The largest absolute Gasteiger partial charge is 0.352 e. The molecule has 0 saturated carbocycles.